The molecule has 0 aliphatic carbocycles. The van der Waals surface area contributed by atoms with Crippen molar-refractivity contribution < 1.29 is 24.1 Å². The number of carbonyl (C=O) groups is 1. The molecule has 1 aromatic rings. The molecule has 0 saturated carbocycles. The Bertz CT molecular complexity index is 470. The summed E-state index contributed by atoms with van der Waals surface area (Å²) in [5.74, 6) is 0.441. The number of aliphatic carboxylic acids is 1. The average molecular weight is 269 g/mol. The molecule has 0 fully saturated rings. The zero-order valence-corrected chi connectivity index (χ0v) is 11.5. The number of rotatable bonds is 6. The van der Waals surface area contributed by atoms with Crippen LogP contribution in [0.3, 0.4) is 0 Å². The van der Waals surface area contributed by atoms with E-state index in [0.29, 0.717) is 22.8 Å². The summed E-state index contributed by atoms with van der Waals surface area (Å²) in [6.45, 7) is 1.45. The van der Waals surface area contributed by atoms with Gasteiger partial charge in [0.2, 0.25) is 0 Å². The molecule has 6 nitrogen and oxygen atoms in total. The van der Waals surface area contributed by atoms with Gasteiger partial charge in [-0.3, -0.25) is 4.79 Å². The Balaban J connectivity index is 3.23. The van der Waals surface area contributed by atoms with Crippen LogP contribution < -0.4 is 19.9 Å². The standard InChI is InChI=1S/C13H19NO5/c1-13(14,12(15)16)7-8-5-10(18-3)11(19-4)6-9(8)17-2/h5-6H,7,14H2,1-4H3,(H,15,16)/t13-/m0/s1. The van der Waals surface area contributed by atoms with E-state index in [2.05, 4.69) is 0 Å². The van der Waals surface area contributed by atoms with Gasteiger partial charge >= 0.3 is 5.97 Å². The van der Waals surface area contributed by atoms with E-state index < -0.39 is 11.5 Å². The lowest BCUT2D eigenvalue weighted by atomic mass is 9.93. The van der Waals surface area contributed by atoms with Gasteiger partial charge in [0.15, 0.2) is 11.5 Å². The predicted molar refractivity (Wildman–Crippen MR) is 70.0 cm³/mol. The molecule has 0 unspecified atom stereocenters. The van der Waals surface area contributed by atoms with Gasteiger partial charge in [-0.1, -0.05) is 0 Å². The Morgan fingerprint density at radius 1 is 1.16 bits per heavy atom. The van der Waals surface area contributed by atoms with Crippen LogP contribution in [0.25, 0.3) is 0 Å². The molecule has 6 heteroatoms. The molecule has 19 heavy (non-hydrogen) atoms. The number of hydrogen-bond donors (Lipinski definition) is 2. The molecule has 0 aliphatic rings. The van der Waals surface area contributed by atoms with Crippen molar-refractivity contribution in [1.82, 2.24) is 0 Å². The molecule has 1 aromatic carbocycles. The first kappa shape index (κ1) is 15.1. The van der Waals surface area contributed by atoms with Crippen LogP contribution in [0.15, 0.2) is 12.1 Å². The largest absolute Gasteiger partial charge is 0.496 e. The number of methoxy groups -OCH3 is 3. The first-order valence-corrected chi connectivity index (χ1v) is 5.67. The van der Waals surface area contributed by atoms with Crippen LogP contribution in [0.2, 0.25) is 0 Å². The third-order valence-corrected chi connectivity index (χ3v) is 2.83. The Hall–Kier alpha value is -1.95. The van der Waals surface area contributed by atoms with Crippen molar-refractivity contribution in [3.63, 3.8) is 0 Å². The first-order chi connectivity index (χ1) is 8.85. The molecule has 3 N–H and O–H groups in total. The molecule has 0 aliphatic heterocycles. The second-order valence-corrected chi connectivity index (χ2v) is 4.42. The van der Waals surface area contributed by atoms with Crippen molar-refractivity contribution in [2.45, 2.75) is 18.9 Å². The van der Waals surface area contributed by atoms with Gasteiger partial charge in [-0.05, 0) is 13.0 Å². The van der Waals surface area contributed by atoms with Gasteiger partial charge < -0.3 is 25.1 Å². The fourth-order valence-corrected chi connectivity index (χ4v) is 1.70. The summed E-state index contributed by atoms with van der Waals surface area (Å²) in [5.41, 5.74) is 5.01. The average Bonchev–Trinajstić information content (AvgIpc) is 2.37. The first-order valence-electron chi connectivity index (χ1n) is 5.67. The summed E-state index contributed by atoms with van der Waals surface area (Å²) in [6, 6.07) is 3.32. The molecule has 0 saturated heterocycles. The third-order valence-electron chi connectivity index (χ3n) is 2.83. The van der Waals surface area contributed by atoms with Crippen LogP contribution in [0.4, 0.5) is 0 Å². The Morgan fingerprint density at radius 2 is 1.63 bits per heavy atom. The van der Waals surface area contributed by atoms with E-state index in [-0.39, 0.29) is 6.42 Å². The second-order valence-electron chi connectivity index (χ2n) is 4.42. The Morgan fingerprint density at radius 3 is 2.05 bits per heavy atom. The Kier molecular flexibility index (Phi) is 4.61. The minimum absolute atomic E-state index is 0.117. The third kappa shape index (κ3) is 3.29. The lowest BCUT2D eigenvalue weighted by Crippen LogP contribution is -2.46. The highest BCUT2D eigenvalue weighted by molar-refractivity contribution is 5.78. The van der Waals surface area contributed by atoms with Crippen LogP contribution in [0.1, 0.15) is 12.5 Å². The minimum atomic E-state index is -1.38. The van der Waals surface area contributed by atoms with Crippen LogP contribution in [0, 0.1) is 0 Å². The normalized spacial score (nSPS) is 13.5. The molecule has 0 bridgehead atoms. The summed E-state index contributed by atoms with van der Waals surface area (Å²) in [7, 11) is 4.52. The summed E-state index contributed by atoms with van der Waals surface area (Å²) < 4.78 is 15.6. The second kappa shape index (κ2) is 5.79. The SMILES string of the molecule is COc1cc(OC)c(OC)cc1C[C@](C)(N)C(=O)O. The van der Waals surface area contributed by atoms with Gasteiger partial charge in [-0.2, -0.15) is 0 Å². The zero-order valence-electron chi connectivity index (χ0n) is 11.5. The lowest BCUT2D eigenvalue weighted by Gasteiger charge is -2.21. The molecular formula is C13H19NO5. The number of carboxylic acid groups (broad SMARTS) is 1. The van der Waals surface area contributed by atoms with E-state index >= 15 is 0 Å². The molecule has 0 amide bonds. The predicted octanol–water partition coefficient (Wildman–Crippen LogP) is 1.06. The molecule has 1 rings (SSSR count). The van der Waals surface area contributed by atoms with Crippen LogP contribution in [-0.2, 0) is 11.2 Å². The fraction of sp³-hybridized carbons (Fsp3) is 0.462. The van der Waals surface area contributed by atoms with E-state index in [1.54, 1.807) is 12.1 Å². The quantitative estimate of drug-likeness (QED) is 0.802. The fourth-order valence-electron chi connectivity index (χ4n) is 1.70. The topological polar surface area (TPSA) is 91.0 Å². The zero-order chi connectivity index (χ0) is 14.6. The van der Waals surface area contributed by atoms with Gasteiger partial charge in [0.05, 0.1) is 21.3 Å². The maximum atomic E-state index is 11.1. The van der Waals surface area contributed by atoms with Gasteiger partial charge in [0, 0.05) is 18.1 Å². The van der Waals surface area contributed by atoms with Crippen molar-refractivity contribution >= 4 is 5.97 Å². The van der Waals surface area contributed by atoms with Crippen molar-refractivity contribution in [2.24, 2.45) is 5.73 Å². The van der Waals surface area contributed by atoms with E-state index in [9.17, 15) is 4.79 Å². The van der Waals surface area contributed by atoms with E-state index in [4.69, 9.17) is 25.1 Å². The summed E-state index contributed by atoms with van der Waals surface area (Å²) in [4.78, 5) is 11.1. The van der Waals surface area contributed by atoms with Crippen molar-refractivity contribution in [3.05, 3.63) is 17.7 Å². The van der Waals surface area contributed by atoms with Crippen LogP contribution in [0.5, 0.6) is 17.2 Å². The molecule has 0 spiro atoms. The highest BCUT2D eigenvalue weighted by Gasteiger charge is 2.30. The van der Waals surface area contributed by atoms with Gasteiger partial charge in [-0.15, -0.1) is 0 Å². The maximum absolute atomic E-state index is 11.1. The monoisotopic (exact) mass is 269 g/mol. The number of nitrogens with two attached hydrogens (primary N) is 1. The lowest BCUT2D eigenvalue weighted by molar-refractivity contribution is -0.142. The maximum Gasteiger partial charge on any atom is 0.323 e. The van der Waals surface area contributed by atoms with Gasteiger partial charge in [-0.25, -0.2) is 0 Å². The summed E-state index contributed by atoms with van der Waals surface area (Å²) in [5, 5.41) is 9.07. The van der Waals surface area contributed by atoms with Crippen molar-refractivity contribution in [1.29, 1.82) is 0 Å². The molecule has 0 heterocycles. The number of hydrogen-bond acceptors (Lipinski definition) is 5. The van der Waals surface area contributed by atoms with E-state index in [1.165, 1.54) is 28.3 Å². The summed E-state index contributed by atoms with van der Waals surface area (Å²) in [6.07, 6.45) is 0.117. The van der Waals surface area contributed by atoms with Gasteiger partial charge in [0.25, 0.3) is 0 Å². The molecule has 1 atom stereocenters. The number of ether oxygens (including phenoxy) is 3. The van der Waals surface area contributed by atoms with Crippen LogP contribution in [-0.4, -0.2) is 37.9 Å². The number of benzene rings is 1. The summed E-state index contributed by atoms with van der Waals surface area (Å²) >= 11 is 0. The molecular weight excluding hydrogens is 250 g/mol. The minimum Gasteiger partial charge on any atom is -0.496 e. The van der Waals surface area contributed by atoms with Crippen molar-refractivity contribution in [3.8, 4) is 17.2 Å². The van der Waals surface area contributed by atoms with Gasteiger partial charge in [0.1, 0.15) is 11.3 Å². The highest BCUT2D eigenvalue weighted by Crippen LogP contribution is 2.35. The smallest absolute Gasteiger partial charge is 0.323 e. The van der Waals surface area contributed by atoms with Crippen molar-refractivity contribution in [2.75, 3.05) is 21.3 Å². The number of carboxylic acids is 1. The van der Waals surface area contributed by atoms with Crippen LogP contribution >= 0.6 is 0 Å². The molecule has 0 radical (unpaired) electrons. The highest BCUT2D eigenvalue weighted by atomic mass is 16.5. The molecule has 0 aromatic heterocycles. The Labute approximate surface area is 112 Å². The van der Waals surface area contributed by atoms with E-state index in [1.807, 2.05) is 0 Å². The van der Waals surface area contributed by atoms with E-state index in [0.717, 1.165) is 0 Å². The molecule has 106 valence electrons.